The van der Waals surface area contributed by atoms with Crippen molar-refractivity contribution in [2.45, 2.75) is 18.8 Å². The Morgan fingerprint density at radius 3 is 2.75 bits per heavy atom. The molecule has 3 nitrogen and oxygen atoms in total. The maximum absolute atomic E-state index is 13.6. The van der Waals surface area contributed by atoms with Gasteiger partial charge in [0.05, 0.1) is 17.9 Å². The van der Waals surface area contributed by atoms with Crippen LogP contribution in [-0.4, -0.2) is 11.1 Å². The normalized spacial score (nSPS) is 13.9. The molecule has 1 aromatic rings. The van der Waals surface area contributed by atoms with E-state index in [-0.39, 0.29) is 10.6 Å². The van der Waals surface area contributed by atoms with Gasteiger partial charge in [-0.15, -0.1) is 0 Å². The van der Waals surface area contributed by atoms with Crippen molar-refractivity contribution in [1.29, 1.82) is 5.26 Å². The molecule has 84 valence electrons. The number of nitrogens with zero attached hydrogens (tertiary/aromatic N) is 1. The summed E-state index contributed by atoms with van der Waals surface area (Å²) in [4.78, 5) is 10.7. The minimum Gasteiger partial charge on any atom is -0.481 e. The molecule has 0 bridgehead atoms. The number of carboxylic acids is 1. The molecule has 1 aromatic carbocycles. The van der Waals surface area contributed by atoms with E-state index in [1.807, 2.05) is 0 Å². The topological polar surface area (TPSA) is 61.1 Å². The van der Waals surface area contributed by atoms with Crippen LogP contribution in [0.2, 0.25) is 5.02 Å². The zero-order valence-electron chi connectivity index (χ0n) is 8.50. The molecule has 0 heterocycles. The molecule has 0 saturated carbocycles. The Kier molecular flexibility index (Phi) is 3.51. The molecule has 0 aliphatic heterocycles. The lowest BCUT2D eigenvalue weighted by atomic mass is 9.80. The maximum Gasteiger partial charge on any atom is 0.305 e. The molecule has 1 N–H and O–H groups in total. The fourth-order valence-electron chi connectivity index (χ4n) is 1.51. The molecule has 1 unspecified atom stereocenters. The van der Waals surface area contributed by atoms with Crippen molar-refractivity contribution in [3.05, 3.63) is 34.6 Å². The van der Waals surface area contributed by atoms with Crippen LogP contribution in [0.5, 0.6) is 0 Å². The number of benzene rings is 1. The number of hydrogen-bond donors (Lipinski definition) is 1. The van der Waals surface area contributed by atoms with Crippen molar-refractivity contribution in [3.63, 3.8) is 0 Å². The molecule has 0 amide bonds. The largest absolute Gasteiger partial charge is 0.481 e. The molecule has 0 fully saturated rings. The Bertz CT molecular complexity index is 449. The zero-order chi connectivity index (χ0) is 12.3. The minimum atomic E-state index is -1.46. The monoisotopic (exact) mass is 241 g/mol. The van der Waals surface area contributed by atoms with Gasteiger partial charge in [-0.05, 0) is 19.1 Å². The van der Waals surface area contributed by atoms with Crippen LogP contribution in [0, 0.1) is 17.1 Å². The van der Waals surface area contributed by atoms with Crippen LogP contribution in [0.4, 0.5) is 4.39 Å². The number of halogens is 2. The van der Waals surface area contributed by atoms with Crippen molar-refractivity contribution in [2.24, 2.45) is 0 Å². The molecule has 1 rings (SSSR count). The van der Waals surface area contributed by atoms with E-state index in [1.165, 1.54) is 19.1 Å². The Labute approximate surface area is 97.1 Å². The highest BCUT2D eigenvalue weighted by molar-refractivity contribution is 6.31. The van der Waals surface area contributed by atoms with Crippen molar-refractivity contribution in [3.8, 4) is 6.07 Å². The number of aliphatic carboxylic acids is 1. The first-order chi connectivity index (χ1) is 7.40. The highest BCUT2D eigenvalue weighted by Gasteiger charge is 2.34. The summed E-state index contributed by atoms with van der Waals surface area (Å²) in [7, 11) is 0. The lowest BCUT2D eigenvalue weighted by Gasteiger charge is -2.21. The van der Waals surface area contributed by atoms with Gasteiger partial charge in [-0.25, -0.2) is 4.39 Å². The van der Waals surface area contributed by atoms with Crippen LogP contribution in [0.25, 0.3) is 0 Å². The fourth-order valence-corrected chi connectivity index (χ4v) is 1.88. The quantitative estimate of drug-likeness (QED) is 0.885. The Balaban J connectivity index is 3.34. The van der Waals surface area contributed by atoms with Crippen molar-refractivity contribution in [1.82, 2.24) is 0 Å². The molecule has 0 spiro atoms. The standard InChI is InChI=1S/C11H9ClFNO2/c1-11(6-14,5-9(15)16)10-7(12)3-2-4-8(10)13/h2-4H,5H2,1H3,(H,15,16). The van der Waals surface area contributed by atoms with E-state index >= 15 is 0 Å². The molecule has 1 atom stereocenters. The van der Waals surface area contributed by atoms with Crippen LogP contribution in [-0.2, 0) is 10.2 Å². The van der Waals surface area contributed by atoms with E-state index in [0.717, 1.165) is 6.07 Å². The van der Waals surface area contributed by atoms with Crippen LogP contribution >= 0.6 is 11.6 Å². The number of nitriles is 1. The Morgan fingerprint density at radius 2 is 2.31 bits per heavy atom. The number of carbonyl (C=O) groups is 1. The lowest BCUT2D eigenvalue weighted by Crippen LogP contribution is -2.25. The summed E-state index contributed by atoms with van der Waals surface area (Å²) >= 11 is 5.79. The predicted molar refractivity (Wildman–Crippen MR) is 56.6 cm³/mol. The molecule has 0 saturated heterocycles. The smallest absolute Gasteiger partial charge is 0.305 e. The summed E-state index contributed by atoms with van der Waals surface area (Å²) < 4.78 is 13.6. The number of hydrogen-bond acceptors (Lipinski definition) is 2. The first-order valence-corrected chi connectivity index (χ1v) is 4.86. The van der Waals surface area contributed by atoms with Gasteiger partial charge in [-0.3, -0.25) is 4.79 Å². The van der Waals surface area contributed by atoms with E-state index in [2.05, 4.69) is 0 Å². The highest BCUT2D eigenvalue weighted by atomic mass is 35.5. The average Bonchev–Trinajstić information content (AvgIpc) is 2.16. The van der Waals surface area contributed by atoms with Crippen LogP contribution in [0.15, 0.2) is 18.2 Å². The summed E-state index contributed by atoms with van der Waals surface area (Å²) in [6.45, 7) is 1.35. The van der Waals surface area contributed by atoms with Crippen molar-refractivity contribution >= 4 is 17.6 Å². The first-order valence-electron chi connectivity index (χ1n) is 4.48. The van der Waals surface area contributed by atoms with Gasteiger partial charge in [0, 0.05) is 10.6 Å². The van der Waals surface area contributed by atoms with E-state index in [4.69, 9.17) is 22.0 Å². The van der Waals surface area contributed by atoms with E-state index in [1.54, 1.807) is 6.07 Å². The van der Waals surface area contributed by atoms with E-state index in [0.29, 0.717) is 0 Å². The van der Waals surface area contributed by atoms with Gasteiger partial charge >= 0.3 is 5.97 Å². The van der Waals surface area contributed by atoms with Gasteiger partial charge in [-0.2, -0.15) is 5.26 Å². The second-order valence-corrected chi connectivity index (χ2v) is 4.02. The molecule has 5 heteroatoms. The molecule has 0 radical (unpaired) electrons. The summed E-state index contributed by atoms with van der Waals surface area (Å²) in [6, 6.07) is 5.78. The second kappa shape index (κ2) is 4.50. The Hall–Kier alpha value is -1.60. The molecule has 0 aliphatic carbocycles. The van der Waals surface area contributed by atoms with Gasteiger partial charge in [0.2, 0.25) is 0 Å². The Morgan fingerprint density at radius 1 is 1.69 bits per heavy atom. The highest BCUT2D eigenvalue weighted by Crippen LogP contribution is 2.34. The minimum absolute atomic E-state index is 0.0605. The number of rotatable bonds is 3. The predicted octanol–water partition coefficient (Wildman–Crippen LogP) is 2.74. The lowest BCUT2D eigenvalue weighted by molar-refractivity contribution is -0.137. The molecule has 16 heavy (non-hydrogen) atoms. The summed E-state index contributed by atoms with van der Waals surface area (Å²) in [5.74, 6) is -1.85. The summed E-state index contributed by atoms with van der Waals surface area (Å²) in [5, 5.41) is 17.8. The SMILES string of the molecule is CC(C#N)(CC(=O)O)c1c(F)cccc1Cl. The van der Waals surface area contributed by atoms with E-state index in [9.17, 15) is 9.18 Å². The van der Waals surface area contributed by atoms with Gasteiger partial charge in [-0.1, -0.05) is 17.7 Å². The van der Waals surface area contributed by atoms with Crippen molar-refractivity contribution in [2.75, 3.05) is 0 Å². The van der Waals surface area contributed by atoms with Gasteiger partial charge < -0.3 is 5.11 Å². The van der Waals surface area contributed by atoms with Crippen LogP contribution < -0.4 is 0 Å². The van der Waals surface area contributed by atoms with E-state index < -0.39 is 23.6 Å². The average molecular weight is 242 g/mol. The maximum atomic E-state index is 13.6. The molecule has 0 aliphatic rings. The summed E-state index contributed by atoms with van der Waals surface area (Å²) in [5.41, 5.74) is -1.53. The van der Waals surface area contributed by atoms with Gasteiger partial charge in [0.15, 0.2) is 0 Å². The third-order valence-electron chi connectivity index (χ3n) is 2.27. The molecular weight excluding hydrogens is 233 g/mol. The second-order valence-electron chi connectivity index (χ2n) is 3.61. The van der Waals surface area contributed by atoms with Gasteiger partial charge in [0.25, 0.3) is 0 Å². The van der Waals surface area contributed by atoms with Gasteiger partial charge in [0.1, 0.15) is 5.82 Å². The number of carboxylic acid groups (broad SMARTS) is 1. The third kappa shape index (κ3) is 2.31. The molecular formula is C11H9ClFNO2. The van der Waals surface area contributed by atoms with Crippen molar-refractivity contribution < 1.29 is 14.3 Å². The van der Waals surface area contributed by atoms with Crippen LogP contribution in [0.3, 0.4) is 0 Å². The zero-order valence-corrected chi connectivity index (χ0v) is 9.25. The first kappa shape index (κ1) is 12.5. The molecule has 0 aromatic heterocycles. The van der Waals surface area contributed by atoms with Crippen LogP contribution in [0.1, 0.15) is 18.9 Å². The summed E-state index contributed by atoms with van der Waals surface area (Å²) in [6.07, 6.45) is -0.496. The third-order valence-corrected chi connectivity index (χ3v) is 2.58. The fraction of sp³-hybridized carbons (Fsp3) is 0.273.